The molecule has 0 aliphatic carbocycles. The van der Waals surface area contributed by atoms with Crippen LogP contribution in [0.4, 0.5) is 0 Å². The van der Waals surface area contributed by atoms with E-state index in [1.165, 1.54) is 11.8 Å². The first-order valence-electron chi connectivity index (χ1n) is 4.39. The highest BCUT2D eigenvalue weighted by Gasteiger charge is 2.07. The minimum absolute atomic E-state index is 0.549. The van der Waals surface area contributed by atoms with Gasteiger partial charge in [0, 0.05) is 22.3 Å². The molecule has 82 valence electrons. The van der Waals surface area contributed by atoms with E-state index in [-0.39, 0.29) is 0 Å². The van der Waals surface area contributed by atoms with Crippen LogP contribution >= 0.6 is 46.6 Å². The van der Waals surface area contributed by atoms with Gasteiger partial charge in [0.25, 0.3) is 0 Å². The Kier molecular flexibility index (Phi) is 3.98. The Balaban J connectivity index is 2.30. The summed E-state index contributed by atoms with van der Waals surface area (Å²) in [6.07, 6.45) is 3.15. The van der Waals surface area contributed by atoms with Gasteiger partial charge in [-0.15, -0.1) is 0 Å². The van der Waals surface area contributed by atoms with Crippen LogP contribution in [0.25, 0.3) is 0 Å². The van der Waals surface area contributed by atoms with E-state index in [1.54, 1.807) is 12.4 Å². The average molecular weight is 291 g/mol. The summed E-state index contributed by atoms with van der Waals surface area (Å²) >= 11 is 19.3. The lowest BCUT2D eigenvalue weighted by atomic mass is 10.4. The number of pyridine rings is 1. The summed E-state index contributed by atoms with van der Waals surface area (Å²) < 4.78 is 0. The fourth-order valence-corrected chi connectivity index (χ4v) is 2.65. The van der Waals surface area contributed by atoms with E-state index >= 15 is 0 Å². The van der Waals surface area contributed by atoms with Crippen LogP contribution in [0.2, 0.25) is 15.1 Å². The minimum atomic E-state index is 0.549. The largest absolute Gasteiger partial charge is 0.262 e. The molecule has 1 heterocycles. The summed E-state index contributed by atoms with van der Waals surface area (Å²) in [4.78, 5) is 5.74. The number of hydrogen-bond acceptors (Lipinski definition) is 2. The number of benzene rings is 1. The third-order valence-electron chi connectivity index (χ3n) is 1.84. The van der Waals surface area contributed by atoms with E-state index in [2.05, 4.69) is 4.98 Å². The standard InChI is InChI=1S/C11H6Cl3NS/c12-7-1-3-8(4-2-7)16-11-9(13)5-15-6-10(11)14/h1-6H. The van der Waals surface area contributed by atoms with Gasteiger partial charge in [-0.25, -0.2) is 0 Å². The molecule has 0 saturated heterocycles. The summed E-state index contributed by atoms with van der Waals surface area (Å²) in [5.41, 5.74) is 0. The molecule has 0 saturated carbocycles. The van der Waals surface area contributed by atoms with Gasteiger partial charge in [-0.1, -0.05) is 46.6 Å². The first-order chi connectivity index (χ1) is 7.66. The summed E-state index contributed by atoms with van der Waals surface area (Å²) in [7, 11) is 0. The van der Waals surface area contributed by atoms with Crippen molar-refractivity contribution in [3.05, 3.63) is 51.7 Å². The highest BCUT2D eigenvalue weighted by Crippen LogP contribution is 2.37. The predicted molar refractivity (Wildman–Crippen MR) is 69.8 cm³/mol. The van der Waals surface area contributed by atoms with Gasteiger partial charge in [-0.05, 0) is 24.3 Å². The lowest BCUT2D eigenvalue weighted by Gasteiger charge is -2.05. The number of aromatic nitrogens is 1. The van der Waals surface area contributed by atoms with Crippen molar-refractivity contribution in [1.29, 1.82) is 0 Å². The van der Waals surface area contributed by atoms with E-state index in [1.807, 2.05) is 24.3 Å². The maximum atomic E-state index is 6.02. The van der Waals surface area contributed by atoms with Gasteiger partial charge in [-0.3, -0.25) is 4.98 Å². The molecule has 5 heteroatoms. The smallest absolute Gasteiger partial charge is 0.0743 e. The maximum Gasteiger partial charge on any atom is 0.0743 e. The Hall–Kier alpha value is -0.410. The van der Waals surface area contributed by atoms with E-state index < -0.39 is 0 Å². The van der Waals surface area contributed by atoms with Crippen LogP contribution < -0.4 is 0 Å². The zero-order valence-electron chi connectivity index (χ0n) is 7.95. The Morgan fingerprint density at radius 3 is 2.00 bits per heavy atom. The molecule has 0 unspecified atom stereocenters. The van der Waals surface area contributed by atoms with E-state index in [0.29, 0.717) is 15.1 Å². The van der Waals surface area contributed by atoms with Crippen LogP contribution in [-0.4, -0.2) is 4.98 Å². The van der Waals surface area contributed by atoms with Crippen molar-refractivity contribution in [3.63, 3.8) is 0 Å². The van der Waals surface area contributed by atoms with Crippen molar-refractivity contribution in [1.82, 2.24) is 4.98 Å². The molecule has 0 spiro atoms. The molecule has 0 amide bonds. The van der Waals surface area contributed by atoms with Crippen LogP contribution in [0.3, 0.4) is 0 Å². The molecule has 0 bridgehead atoms. The van der Waals surface area contributed by atoms with E-state index in [9.17, 15) is 0 Å². The topological polar surface area (TPSA) is 12.9 Å². The Morgan fingerprint density at radius 1 is 0.875 bits per heavy atom. The molecule has 1 aromatic carbocycles. The summed E-state index contributed by atoms with van der Waals surface area (Å²) in [5.74, 6) is 0. The molecule has 1 aromatic heterocycles. The highest BCUT2D eigenvalue weighted by molar-refractivity contribution is 7.99. The average Bonchev–Trinajstić information content (AvgIpc) is 2.26. The maximum absolute atomic E-state index is 6.02. The molecular weight excluding hydrogens is 285 g/mol. The summed E-state index contributed by atoms with van der Waals surface area (Å²) in [6.45, 7) is 0. The van der Waals surface area contributed by atoms with Gasteiger partial charge in [0.2, 0.25) is 0 Å². The first kappa shape index (κ1) is 12.1. The minimum Gasteiger partial charge on any atom is -0.262 e. The number of nitrogens with zero attached hydrogens (tertiary/aromatic N) is 1. The van der Waals surface area contributed by atoms with E-state index in [4.69, 9.17) is 34.8 Å². The second-order valence-electron chi connectivity index (χ2n) is 2.99. The van der Waals surface area contributed by atoms with Crippen molar-refractivity contribution in [2.75, 3.05) is 0 Å². The second-order valence-corrected chi connectivity index (χ2v) is 5.32. The molecule has 0 atom stereocenters. The van der Waals surface area contributed by atoms with Gasteiger partial charge in [-0.2, -0.15) is 0 Å². The zero-order valence-corrected chi connectivity index (χ0v) is 11.0. The van der Waals surface area contributed by atoms with E-state index in [0.717, 1.165) is 9.79 Å². The molecular formula is C11H6Cl3NS. The molecule has 2 rings (SSSR count). The number of halogens is 3. The van der Waals surface area contributed by atoms with Gasteiger partial charge in [0.1, 0.15) is 0 Å². The SMILES string of the molecule is Clc1ccc(Sc2c(Cl)cncc2Cl)cc1. The summed E-state index contributed by atoms with van der Waals surface area (Å²) in [5, 5.41) is 1.80. The Morgan fingerprint density at radius 2 is 1.44 bits per heavy atom. The third-order valence-corrected chi connectivity index (χ3v) is 4.04. The van der Waals surface area contributed by atoms with Gasteiger partial charge in [0.15, 0.2) is 0 Å². The van der Waals surface area contributed by atoms with Crippen LogP contribution in [0.15, 0.2) is 46.5 Å². The molecule has 0 radical (unpaired) electrons. The molecule has 0 aliphatic heterocycles. The zero-order chi connectivity index (χ0) is 11.5. The van der Waals surface area contributed by atoms with Crippen LogP contribution in [0.1, 0.15) is 0 Å². The predicted octanol–water partition coefficient (Wildman–Crippen LogP) is 5.19. The number of hydrogen-bond donors (Lipinski definition) is 0. The van der Waals surface area contributed by atoms with Crippen LogP contribution in [0.5, 0.6) is 0 Å². The lowest BCUT2D eigenvalue weighted by Crippen LogP contribution is -1.80. The Labute approximate surface area is 113 Å². The van der Waals surface area contributed by atoms with Crippen molar-refractivity contribution >= 4 is 46.6 Å². The fraction of sp³-hybridized carbons (Fsp3) is 0. The van der Waals surface area contributed by atoms with Crippen molar-refractivity contribution in [3.8, 4) is 0 Å². The van der Waals surface area contributed by atoms with Crippen molar-refractivity contribution in [2.24, 2.45) is 0 Å². The first-order valence-corrected chi connectivity index (χ1v) is 6.34. The Bertz CT molecular complexity index is 479. The molecule has 0 fully saturated rings. The molecule has 2 aromatic rings. The second kappa shape index (κ2) is 5.28. The monoisotopic (exact) mass is 289 g/mol. The molecule has 0 aliphatic rings. The lowest BCUT2D eigenvalue weighted by molar-refractivity contribution is 1.26. The quantitative estimate of drug-likeness (QED) is 0.754. The van der Waals surface area contributed by atoms with Crippen LogP contribution in [-0.2, 0) is 0 Å². The van der Waals surface area contributed by atoms with Gasteiger partial charge >= 0.3 is 0 Å². The summed E-state index contributed by atoms with van der Waals surface area (Å²) in [6, 6.07) is 7.49. The fourth-order valence-electron chi connectivity index (χ4n) is 1.12. The molecule has 1 nitrogen and oxygen atoms in total. The van der Waals surface area contributed by atoms with Gasteiger partial charge < -0.3 is 0 Å². The highest BCUT2D eigenvalue weighted by atomic mass is 35.5. The van der Waals surface area contributed by atoms with Crippen LogP contribution in [0, 0.1) is 0 Å². The van der Waals surface area contributed by atoms with Crippen molar-refractivity contribution in [2.45, 2.75) is 9.79 Å². The van der Waals surface area contributed by atoms with Gasteiger partial charge in [0.05, 0.1) is 14.9 Å². The normalized spacial score (nSPS) is 10.4. The number of rotatable bonds is 2. The molecule has 0 N–H and O–H groups in total. The molecule has 16 heavy (non-hydrogen) atoms. The van der Waals surface area contributed by atoms with Crippen molar-refractivity contribution < 1.29 is 0 Å². The third kappa shape index (κ3) is 2.83.